The summed E-state index contributed by atoms with van der Waals surface area (Å²) in [6.45, 7) is 5.79. The van der Waals surface area contributed by atoms with Gasteiger partial charge in [0, 0.05) is 16.8 Å². The van der Waals surface area contributed by atoms with Crippen LogP contribution in [0.1, 0.15) is 11.3 Å². The van der Waals surface area contributed by atoms with Gasteiger partial charge in [-0.3, -0.25) is 4.98 Å². The third-order valence-electron chi connectivity index (χ3n) is 3.80. The highest BCUT2D eigenvalue weighted by Gasteiger charge is 2.11. The molecule has 0 saturated heterocycles. The molecule has 0 aliphatic carbocycles. The van der Waals surface area contributed by atoms with Crippen LogP contribution >= 0.6 is 0 Å². The summed E-state index contributed by atoms with van der Waals surface area (Å²) < 4.78 is 0. The van der Waals surface area contributed by atoms with Gasteiger partial charge in [0.05, 0.1) is 5.69 Å². The van der Waals surface area contributed by atoms with Crippen molar-refractivity contribution < 1.29 is 0 Å². The Bertz CT molecular complexity index is 831. The van der Waals surface area contributed by atoms with Gasteiger partial charge in [0.15, 0.2) is 0 Å². The Morgan fingerprint density at radius 3 is 2.09 bits per heavy atom. The molecule has 0 unspecified atom stereocenters. The van der Waals surface area contributed by atoms with E-state index in [0.29, 0.717) is 0 Å². The quantitative estimate of drug-likeness (QED) is 0.544. The molecule has 0 amide bonds. The average Bonchev–Trinajstić information content (AvgIpc) is 2.62. The lowest BCUT2D eigenvalue weighted by atomic mass is 9.96. The number of allylic oxidation sites excluding steroid dienone is 2. The molecular formula is C22H19N. The first-order valence-electron chi connectivity index (χ1n) is 7.71. The van der Waals surface area contributed by atoms with Crippen LogP contribution in [-0.4, -0.2) is 4.98 Å². The third-order valence-corrected chi connectivity index (χ3v) is 3.80. The molecule has 0 aliphatic heterocycles. The topological polar surface area (TPSA) is 12.9 Å². The summed E-state index contributed by atoms with van der Waals surface area (Å²) in [5.74, 6) is 0. The van der Waals surface area contributed by atoms with Crippen molar-refractivity contribution in [3.05, 3.63) is 96.7 Å². The molecule has 1 heterocycles. The molecule has 0 spiro atoms. The summed E-state index contributed by atoms with van der Waals surface area (Å²) >= 11 is 0. The lowest BCUT2D eigenvalue weighted by Crippen LogP contribution is -1.95. The number of rotatable bonds is 4. The molecule has 112 valence electrons. The minimum atomic E-state index is 1.02. The van der Waals surface area contributed by atoms with Crippen LogP contribution in [0.15, 0.2) is 85.5 Å². The molecule has 0 saturated carbocycles. The molecule has 1 heteroatoms. The number of aromatic nitrogens is 1. The fourth-order valence-corrected chi connectivity index (χ4v) is 2.62. The molecule has 1 aromatic heterocycles. The summed E-state index contributed by atoms with van der Waals surface area (Å²) in [6.07, 6.45) is 5.78. The van der Waals surface area contributed by atoms with Gasteiger partial charge in [0.1, 0.15) is 0 Å². The van der Waals surface area contributed by atoms with Crippen LogP contribution in [0.4, 0.5) is 0 Å². The SMILES string of the molecule is C=C/C=C\c1cc(-c2ccccc2)c(-c2ccccc2)nc1C. The van der Waals surface area contributed by atoms with Crippen LogP contribution < -0.4 is 0 Å². The smallest absolute Gasteiger partial charge is 0.0783 e. The van der Waals surface area contributed by atoms with Gasteiger partial charge in [0.2, 0.25) is 0 Å². The molecule has 23 heavy (non-hydrogen) atoms. The molecule has 0 aliphatic rings. The molecule has 1 nitrogen and oxygen atoms in total. The maximum Gasteiger partial charge on any atom is 0.0783 e. The fourth-order valence-electron chi connectivity index (χ4n) is 2.62. The van der Waals surface area contributed by atoms with E-state index in [1.807, 2.05) is 37.3 Å². The van der Waals surface area contributed by atoms with Crippen molar-refractivity contribution in [1.82, 2.24) is 4.98 Å². The van der Waals surface area contributed by atoms with Crippen molar-refractivity contribution in [2.45, 2.75) is 6.92 Å². The second kappa shape index (κ2) is 6.89. The Hall–Kier alpha value is -2.93. The van der Waals surface area contributed by atoms with Crippen LogP contribution in [-0.2, 0) is 0 Å². The molecule has 3 aromatic rings. The van der Waals surface area contributed by atoms with E-state index in [4.69, 9.17) is 4.98 Å². The summed E-state index contributed by atoms with van der Waals surface area (Å²) in [7, 11) is 0. The number of hydrogen-bond acceptors (Lipinski definition) is 1. The number of hydrogen-bond donors (Lipinski definition) is 0. The highest BCUT2D eigenvalue weighted by molar-refractivity contribution is 5.82. The van der Waals surface area contributed by atoms with Crippen molar-refractivity contribution in [3.8, 4) is 22.4 Å². The second-order valence-electron chi connectivity index (χ2n) is 5.39. The predicted molar refractivity (Wildman–Crippen MR) is 99.1 cm³/mol. The van der Waals surface area contributed by atoms with Crippen LogP contribution in [0.5, 0.6) is 0 Å². The van der Waals surface area contributed by atoms with E-state index in [1.165, 1.54) is 5.56 Å². The molecule has 3 rings (SSSR count). The average molecular weight is 297 g/mol. The van der Waals surface area contributed by atoms with Crippen molar-refractivity contribution in [2.75, 3.05) is 0 Å². The van der Waals surface area contributed by atoms with Crippen molar-refractivity contribution in [2.24, 2.45) is 0 Å². The first-order valence-corrected chi connectivity index (χ1v) is 7.71. The van der Waals surface area contributed by atoms with E-state index in [9.17, 15) is 0 Å². The van der Waals surface area contributed by atoms with Crippen molar-refractivity contribution in [3.63, 3.8) is 0 Å². The Morgan fingerprint density at radius 2 is 1.48 bits per heavy atom. The van der Waals surface area contributed by atoms with Gasteiger partial charge in [-0.05, 0) is 24.1 Å². The molecular weight excluding hydrogens is 278 g/mol. The first-order chi connectivity index (χ1) is 11.3. The van der Waals surface area contributed by atoms with Gasteiger partial charge in [0.25, 0.3) is 0 Å². The highest BCUT2D eigenvalue weighted by atomic mass is 14.7. The minimum absolute atomic E-state index is 1.02. The summed E-state index contributed by atoms with van der Waals surface area (Å²) in [4.78, 5) is 4.89. The number of pyridine rings is 1. The molecule has 2 aromatic carbocycles. The van der Waals surface area contributed by atoms with Crippen LogP contribution in [0.3, 0.4) is 0 Å². The van der Waals surface area contributed by atoms with Gasteiger partial charge < -0.3 is 0 Å². The predicted octanol–water partition coefficient (Wildman–Crippen LogP) is 5.92. The zero-order valence-electron chi connectivity index (χ0n) is 13.2. The highest BCUT2D eigenvalue weighted by Crippen LogP contribution is 2.32. The molecule has 0 bridgehead atoms. The number of nitrogens with zero attached hydrogens (tertiary/aromatic N) is 1. The van der Waals surface area contributed by atoms with E-state index >= 15 is 0 Å². The standard InChI is InChI=1S/C22H19N/c1-3-4-11-20-16-21(18-12-7-5-8-13-18)22(23-17(20)2)19-14-9-6-10-15-19/h3-16H,1H2,2H3/b11-4-. The Balaban J connectivity index is 2.24. The molecule has 0 atom stereocenters. The van der Waals surface area contributed by atoms with Crippen LogP contribution in [0, 0.1) is 6.92 Å². The fraction of sp³-hybridized carbons (Fsp3) is 0.0455. The number of aryl methyl sites for hydroxylation is 1. The minimum Gasteiger partial charge on any atom is -0.252 e. The van der Waals surface area contributed by atoms with E-state index < -0.39 is 0 Å². The maximum atomic E-state index is 4.89. The van der Waals surface area contributed by atoms with Gasteiger partial charge in [-0.15, -0.1) is 0 Å². The Morgan fingerprint density at radius 1 is 0.870 bits per heavy atom. The van der Waals surface area contributed by atoms with Crippen LogP contribution in [0.25, 0.3) is 28.5 Å². The zero-order valence-corrected chi connectivity index (χ0v) is 13.2. The lowest BCUT2D eigenvalue weighted by Gasteiger charge is -2.13. The summed E-state index contributed by atoms with van der Waals surface area (Å²) in [5.41, 5.74) is 6.60. The molecule has 0 radical (unpaired) electrons. The van der Waals surface area contributed by atoms with Crippen molar-refractivity contribution >= 4 is 6.08 Å². The maximum absolute atomic E-state index is 4.89. The summed E-state index contributed by atoms with van der Waals surface area (Å²) in [5, 5.41) is 0. The zero-order chi connectivity index (χ0) is 16.1. The van der Waals surface area contributed by atoms with E-state index in [2.05, 4.69) is 55.1 Å². The lowest BCUT2D eigenvalue weighted by molar-refractivity contribution is 1.19. The van der Waals surface area contributed by atoms with Crippen molar-refractivity contribution in [1.29, 1.82) is 0 Å². The summed E-state index contributed by atoms with van der Waals surface area (Å²) in [6, 6.07) is 22.9. The molecule has 0 fully saturated rings. The van der Waals surface area contributed by atoms with E-state index in [1.54, 1.807) is 6.08 Å². The molecule has 0 N–H and O–H groups in total. The Labute approximate surface area is 137 Å². The van der Waals surface area contributed by atoms with Gasteiger partial charge in [-0.2, -0.15) is 0 Å². The normalized spacial score (nSPS) is 10.8. The first kappa shape index (κ1) is 15.0. The van der Waals surface area contributed by atoms with E-state index in [0.717, 1.165) is 28.1 Å². The van der Waals surface area contributed by atoms with Gasteiger partial charge in [-0.25, -0.2) is 0 Å². The largest absolute Gasteiger partial charge is 0.252 e. The van der Waals surface area contributed by atoms with Crippen LogP contribution in [0.2, 0.25) is 0 Å². The number of benzene rings is 2. The second-order valence-corrected chi connectivity index (χ2v) is 5.39. The third kappa shape index (κ3) is 3.29. The Kier molecular flexibility index (Phi) is 4.49. The monoisotopic (exact) mass is 297 g/mol. The van der Waals surface area contributed by atoms with Gasteiger partial charge in [-0.1, -0.05) is 85.5 Å². The van der Waals surface area contributed by atoms with E-state index in [-0.39, 0.29) is 0 Å². The van der Waals surface area contributed by atoms with Gasteiger partial charge >= 0.3 is 0 Å².